The lowest BCUT2D eigenvalue weighted by molar-refractivity contribution is -0.137. The molecule has 130 valence electrons. The number of amides is 1. The molecule has 0 bridgehead atoms. The van der Waals surface area contributed by atoms with Gasteiger partial charge in [0.2, 0.25) is 15.9 Å². The van der Waals surface area contributed by atoms with Crippen molar-refractivity contribution in [3.8, 4) is 0 Å². The summed E-state index contributed by atoms with van der Waals surface area (Å²) in [4.78, 5) is 14.2. The molecular formula is C17H21FN2O3S. The molecular weight excluding hydrogens is 331 g/mol. The van der Waals surface area contributed by atoms with Gasteiger partial charge in [0.1, 0.15) is 5.82 Å². The average Bonchev–Trinajstić information content (AvgIpc) is 2.62. The van der Waals surface area contributed by atoms with Crippen LogP contribution in [0.2, 0.25) is 0 Å². The van der Waals surface area contributed by atoms with Crippen LogP contribution in [0.3, 0.4) is 0 Å². The molecule has 1 unspecified atom stereocenters. The van der Waals surface area contributed by atoms with E-state index >= 15 is 0 Å². The monoisotopic (exact) mass is 352 g/mol. The number of hydrogen-bond acceptors (Lipinski definition) is 3. The van der Waals surface area contributed by atoms with E-state index in [1.165, 1.54) is 22.5 Å². The van der Waals surface area contributed by atoms with Crippen molar-refractivity contribution in [3.05, 3.63) is 42.2 Å². The predicted molar refractivity (Wildman–Crippen MR) is 88.2 cm³/mol. The van der Waals surface area contributed by atoms with Crippen molar-refractivity contribution >= 4 is 15.9 Å². The van der Waals surface area contributed by atoms with Crippen molar-refractivity contribution in [1.29, 1.82) is 0 Å². The van der Waals surface area contributed by atoms with Gasteiger partial charge >= 0.3 is 0 Å². The maximum atomic E-state index is 13.3. The summed E-state index contributed by atoms with van der Waals surface area (Å²) >= 11 is 0. The highest BCUT2D eigenvalue weighted by molar-refractivity contribution is 7.89. The van der Waals surface area contributed by atoms with E-state index in [0.717, 1.165) is 25.3 Å². The van der Waals surface area contributed by atoms with Gasteiger partial charge in [-0.1, -0.05) is 18.2 Å². The van der Waals surface area contributed by atoms with Crippen molar-refractivity contribution in [1.82, 2.24) is 9.21 Å². The quantitative estimate of drug-likeness (QED) is 0.782. The number of benzene rings is 1. The minimum atomic E-state index is -3.71. The number of carbonyl (C=O) groups is 1. The molecule has 1 aliphatic carbocycles. The number of piperazine rings is 1. The van der Waals surface area contributed by atoms with Gasteiger partial charge in [0.05, 0.1) is 4.90 Å². The zero-order valence-electron chi connectivity index (χ0n) is 13.4. The number of halogens is 1. The third kappa shape index (κ3) is 3.52. The summed E-state index contributed by atoms with van der Waals surface area (Å²) in [5.41, 5.74) is 0. The van der Waals surface area contributed by atoms with Crippen LogP contribution in [-0.4, -0.2) is 49.7 Å². The third-order valence-electron chi connectivity index (χ3n) is 4.60. The number of sulfonamides is 1. The van der Waals surface area contributed by atoms with E-state index in [9.17, 15) is 17.6 Å². The van der Waals surface area contributed by atoms with Crippen LogP contribution in [0.1, 0.15) is 19.3 Å². The first-order chi connectivity index (χ1) is 11.5. The van der Waals surface area contributed by atoms with Gasteiger partial charge < -0.3 is 4.90 Å². The molecule has 1 aromatic rings. The molecule has 5 nitrogen and oxygen atoms in total. The van der Waals surface area contributed by atoms with Crippen molar-refractivity contribution in [3.63, 3.8) is 0 Å². The Balaban J connectivity index is 1.64. The summed E-state index contributed by atoms with van der Waals surface area (Å²) in [6, 6.07) is 5.03. The van der Waals surface area contributed by atoms with Gasteiger partial charge in [-0.25, -0.2) is 12.8 Å². The van der Waals surface area contributed by atoms with E-state index in [2.05, 4.69) is 6.08 Å². The second-order valence-corrected chi connectivity index (χ2v) is 8.11. The maximum Gasteiger partial charge on any atom is 0.243 e. The van der Waals surface area contributed by atoms with Crippen LogP contribution in [-0.2, 0) is 14.8 Å². The van der Waals surface area contributed by atoms with Crippen molar-refractivity contribution < 1.29 is 17.6 Å². The first kappa shape index (κ1) is 17.1. The number of nitrogens with zero attached hydrogens (tertiary/aromatic N) is 2. The molecule has 0 N–H and O–H groups in total. The fourth-order valence-corrected chi connectivity index (χ4v) is 4.66. The molecule has 2 aliphatic rings. The Bertz CT molecular complexity index is 740. The topological polar surface area (TPSA) is 57.7 Å². The van der Waals surface area contributed by atoms with E-state index in [1.54, 1.807) is 4.90 Å². The Hall–Kier alpha value is -1.73. The molecule has 3 rings (SSSR count). The highest BCUT2D eigenvalue weighted by atomic mass is 32.2. The van der Waals surface area contributed by atoms with E-state index in [0.29, 0.717) is 13.1 Å². The van der Waals surface area contributed by atoms with Crippen molar-refractivity contribution in [2.45, 2.75) is 24.2 Å². The van der Waals surface area contributed by atoms with Gasteiger partial charge in [-0.05, 0) is 37.5 Å². The van der Waals surface area contributed by atoms with Gasteiger partial charge in [0, 0.05) is 32.1 Å². The van der Waals surface area contributed by atoms with Gasteiger partial charge in [-0.3, -0.25) is 4.79 Å². The summed E-state index contributed by atoms with van der Waals surface area (Å²) in [6.07, 6.45) is 6.67. The zero-order valence-corrected chi connectivity index (χ0v) is 14.2. The molecule has 1 aromatic carbocycles. The normalized spacial score (nSPS) is 22.5. The van der Waals surface area contributed by atoms with Crippen LogP contribution in [0.4, 0.5) is 4.39 Å². The van der Waals surface area contributed by atoms with E-state index < -0.39 is 15.8 Å². The summed E-state index contributed by atoms with van der Waals surface area (Å²) < 4.78 is 39.8. The minimum Gasteiger partial charge on any atom is -0.340 e. The Kier molecular flexibility index (Phi) is 5.01. The molecule has 1 aliphatic heterocycles. The lowest BCUT2D eigenvalue weighted by Gasteiger charge is -2.36. The third-order valence-corrected chi connectivity index (χ3v) is 6.50. The molecule has 1 atom stereocenters. The number of allylic oxidation sites excluding steroid dienone is 2. The molecule has 0 saturated carbocycles. The van der Waals surface area contributed by atoms with Crippen LogP contribution in [0.15, 0.2) is 41.3 Å². The van der Waals surface area contributed by atoms with Crippen LogP contribution in [0.5, 0.6) is 0 Å². The molecule has 1 fully saturated rings. The molecule has 24 heavy (non-hydrogen) atoms. The Labute approximate surface area is 141 Å². The van der Waals surface area contributed by atoms with Crippen molar-refractivity contribution in [2.75, 3.05) is 26.2 Å². The molecule has 7 heteroatoms. The second kappa shape index (κ2) is 7.03. The predicted octanol–water partition coefficient (Wildman–Crippen LogP) is 2.01. The first-order valence-electron chi connectivity index (χ1n) is 8.18. The average molecular weight is 352 g/mol. The van der Waals surface area contributed by atoms with E-state index in [4.69, 9.17) is 0 Å². The lowest BCUT2D eigenvalue weighted by Crippen LogP contribution is -2.51. The van der Waals surface area contributed by atoms with Crippen LogP contribution < -0.4 is 0 Å². The standard InChI is InChI=1S/C17H21FN2O3S/c18-15-7-4-8-16(13-15)24(22,23)20-11-9-19(10-12-20)17(21)14-5-2-1-3-6-14/h1-2,4,7-8,13-14H,3,5-6,9-12H2. The number of hydrogen-bond donors (Lipinski definition) is 0. The van der Waals surface area contributed by atoms with Crippen LogP contribution in [0.25, 0.3) is 0 Å². The highest BCUT2D eigenvalue weighted by Crippen LogP contribution is 2.23. The van der Waals surface area contributed by atoms with Crippen LogP contribution in [0, 0.1) is 11.7 Å². The van der Waals surface area contributed by atoms with Crippen LogP contribution >= 0.6 is 0 Å². The first-order valence-corrected chi connectivity index (χ1v) is 9.62. The highest BCUT2D eigenvalue weighted by Gasteiger charge is 2.32. The molecule has 0 spiro atoms. The minimum absolute atomic E-state index is 0.0152. The lowest BCUT2D eigenvalue weighted by atomic mass is 9.93. The molecule has 0 aromatic heterocycles. The maximum absolute atomic E-state index is 13.3. The summed E-state index contributed by atoms with van der Waals surface area (Å²) in [5, 5.41) is 0. The van der Waals surface area contributed by atoms with E-state index in [1.807, 2.05) is 6.08 Å². The molecule has 1 saturated heterocycles. The van der Waals surface area contributed by atoms with Crippen molar-refractivity contribution in [2.24, 2.45) is 5.92 Å². The van der Waals surface area contributed by atoms with Gasteiger partial charge in [-0.2, -0.15) is 4.31 Å². The Morgan fingerprint density at radius 1 is 1.12 bits per heavy atom. The zero-order chi connectivity index (χ0) is 17.2. The summed E-state index contributed by atoms with van der Waals surface area (Å²) in [6.45, 7) is 1.25. The summed E-state index contributed by atoms with van der Waals surface area (Å²) in [7, 11) is -3.71. The Morgan fingerprint density at radius 3 is 2.50 bits per heavy atom. The largest absolute Gasteiger partial charge is 0.340 e. The molecule has 1 heterocycles. The second-order valence-electron chi connectivity index (χ2n) is 6.17. The van der Waals surface area contributed by atoms with Gasteiger partial charge in [0.15, 0.2) is 0 Å². The summed E-state index contributed by atoms with van der Waals surface area (Å²) in [5.74, 6) is -0.446. The fourth-order valence-electron chi connectivity index (χ4n) is 3.20. The number of carbonyl (C=O) groups excluding carboxylic acids is 1. The fraction of sp³-hybridized carbons (Fsp3) is 0.471. The van der Waals surface area contributed by atoms with E-state index in [-0.39, 0.29) is 29.8 Å². The Morgan fingerprint density at radius 2 is 1.88 bits per heavy atom. The van der Waals surface area contributed by atoms with Gasteiger partial charge in [-0.15, -0.1) is 0 Å². The number of rotatable bonds is 3. The smallest absolute Gasteiger partial charge is 0.243 e. The van der Waals surface area contributed by atoms with Gasteiger partial charge in [0.25, 0.3) is 0 Å². The molecule has 1 amide bonds. The molecule has 0 radical (unpaired) electrons. The SMILES string of the molecule is O=C(C1CC=CCC1)N1CCN(S(=O)(=O)c2cccc(F)c2)CC1.